The van der Waals surface area contributed by atoms with E-state index in [9.17, 15) is 14.0 Å². The maximum Gasteiger partial charge on any atom is 0.252 e. The molecule has 140 valence electrons. The largest absolute Gasteiger partial charge is 0.354 e. The van der Waals surface area contributed by atoms with Crippen molar-refractivity contribution in [2.45, 2.75) is 18.9 Å². The van der Waals surface area contributed by atoms with Crippen molar-refractivity contribution in [2.24, 2.45) is 0 Å². The minimum atomic E-state index is -0.278. The van der Waals surface area contributed by atoms with Gasteiger partial charge in [-0.2, -0.15) is 11.3 Å². The van der Waals surface area contributed by atoms with E-state index in [2.05, 4.69) is 10.6 Å². The molecule has 0 saturated carbocycles. The summed E-state index contributed by atoms with van der Waals surface area (Å²) in [7, 11) is 3.83. The van der Waals surface area contributed by atoms with Crippen LogP contribution in [0.1, 0.15) is 34.8 Å². The predicted octanol–water partition coefficient (Wildman–Crippen LogP) is 2.82. The highest BCUT2D eigenvalue weighted by Gasteiger charge is 2.15. The standard InChI is InChI=1S/C19H24FN3O2S/c1-23(2)17(14-5-7-16(20)8-6-14)12-22-18(24)4-3-10-21-19(25)15-9-11-26-13-15/h5-9,11,13,17H,3-4,10,12H2,1-2H3,(H,21,25)(H,22,24). The maximum absolute atomic E-state index is 13.1. The topological polar surface area (TPSA) is 61.4 Å². The van der Waals surface area contributed by atoms with E-state index in [0.29, 0.717) is 31.5 Å². The van der Waals surface area contributed by atoms with E-state index in [0.717, 1.165) is 5.56 Å². The summed E-state index contributed by atoms with van der Waals surface area (Å²) in [5.41, 5.74) is 1.59. The van der Waals surface area contributed by atoms with Gasteiger partial charge >= 0.3 is 0 Å². The Bertz CT molecular complexity index is 702. The summed E-state index contributed by atoms with van der Waals surface area (Å²) >= 11 is 1.47. The molecule has 1 aromatic carbocycles. The first-order valence-corrected chi connectivity index (χ1v) is 9.40. The summed E-state index contributed by atoms with van der Waals surface area (Å²) in [6, 6.07) is 8.04. The van der Waals surface area contributed by atoms with Crippen LogP contribution in [-0.2, 0) is 4.79 Å². The molecule has 1 atom stereocenters. The van der Waals surface area contributed by atoms with Crippen LogP contribution in [0.4, 0.5) is 4.39 Å². The molecule has 1 aromatic heterocycles. The molecule has 0 radical (unpaired) electrons. The lowest BCUT2D eigenvalue weighted by Gasteiger charge is -2.25. The van der Waals surface area contributed by atoms with Crippen molar-refractivity contribution in [3.05, 3.63) is 58.0 Å². The number of thiophene rings is 1. The molecular formula is C19H24FN3O2S. The molecule has 0 fully saturated rings. The maximum atomic E-state index is 13.1. The Kier molecular flexibility index (Phi) is 7.74. The average Bonchev–Trinajstić information content (AvgIpc) is 3.14. The summed E-state index contributed by atoms with van der Waals surface area (Å²) < 4.78 is 13.1. The molecule has 0 saturated heterocycles. The summed E-state index contributed by atoms with van der Waals surface area (Å²) in [5.74, 6) is -0.459. The number of halogens is 1. The van der Waals surface area contributed by atoms with Crippen molar-refractivity contribution in [3.63, 3.8) is 0 Å². The zero-order chi connectivity index (χ0) is 18.9. The second-order valence-electron chi connectivity index (χ2n) is 6.21. The van der Waals surface area contributed by atoms with Crippen LogP contribution in [0.15, 0.2) is 41.1 Å². The lowest BCUT2D eigenvalue weighted by Crippen LogP contribution is -2.35. The second-order valence-corrected chi connectivity index (χ2v) is 6.99. The Labute approximate surface area is 157 Å². The fraction of sp³-hybridized carbons (Fsp3) is 0.368. The van der Waals surface area contributed by atoms with Gasteiger partial charge in [0.05, 0.1) is 6.04 Å². The van der Waals surface area contributed by atoms with E-state index < -0.39 is 0 Å². The van der Waals surface area contributed by atoms with E-state index in [1.165, 1.54) is 23.5 Å². The van der Waals surface area contributed by atoms with Crippen LogP contribution < -0.4 is 10.6 Å². The van der Waals surface area contributed by atoms with Crippen LogP contribution in [0.5, 0.6) is 0 Å². The van der Waals surface area contributed by atoms with Gasteiger partial charge in [0, 0.05) is 30.5 Å². The normalized spacial score (nSPS) is 12.0. The summed E-state index contributed by atoms with van der Waals surface area (Å²) in [6.45, 7) is 0.899. The van der Waals surface area contributed by atoms with Gasteiger partial charge in [-0.25, -0.2) is 4.39 Å². The fourth-order valence-corrected chi connectivity index (χ4v) is 3.16. The van der Waals surface area contributed by atoms with Crippen molar-refractivity contribution in [3.8, 4) is 0 Å². The van der Waals surface area contributed by atoms with Crippen LogP contribution in [0, 0.1) is 5.82 Å². The first-order chi connectivity index (χ1) is 12.5. The number of carbonyl (C=O) groups is 2. The zero-order valence-corrected chi connectivity index (χ0v) is 15.8. The third-order valence-electron chi connectivity index (χ3n) is 4.02. The summed E-state index contributed by atoms with van der Waals surface area (Å²) in [5, 5.41) is 9.35. The Morgan fingerprint density at radius 1 is 1.15 bits per heavy atom. The molecule has 0 aliphatic rings. The number of hydrogen-bond acceptors (Lipinski definition) is 4. The second kappa shape index (κ2) is 10.0. The number of amides is 2. The van der Waals surface area contributed by atoms with Crippen molar-refractivity contribution in [2.75, 3.05) is 27.2 Å². The van der Waals surface area contributed by atoms with Crippen LogP contribution in [-0.4, -0.2) is 43.9 Å². The first-order valence-electron chi connectivity index (χ1n) is 8.46. The van der Waals surface area contributed by atoms with Gasteiger partial charge < -0.3 is 15.5 Å². The molecule has 0 bridgehead atoms. The van der Waals surface area contributed by atoms with E-state index in [-0.39, 0.29) is 23.7 Å². The molecule has 1 heterocycles. The average molecular weight is 377 g/mol. The van der Waals surface area contributed by atoms with Crippen LogP contribution in [0.25, 0.3) is 0 Å². The molecule has 2 N–H and O–H groups in total. The lowest BCUT2D eigenvalue weighted by atomic mass is 10.1. The van der Waals surface area contributed by atoms with Gasteiger partial charge in [0.1, 0.15) is 5.82 Å². The highest BCUT2D eigenvalue weighted by atomic mass is 32.1. The molecule has 5 nitrogen and oxygen atoms in total. The third-order valence-corrected chi connectivity index (χ3v) is 4.70. The Morgan fingerprint density at radius 3 is 2.50 bits per heavy atom. The highest BCUT2D eigenvalue weighted by Crippen LogP contribution is 2.17. The molecule has 1 unspecified atom stereocenters. The van der Waals surface area contributed by atoms with Crippen molar-refractivity contribution in [1.29, 1.82) is 0 Å². The zero-order valence-electron chi connectivity index (χ0n) is 15.0. The van der Waals surface area contributed by atoms with Gasteiger partial charge in [-0.3, -0.25) is 9.59 Å². The quantitative estimate of drug-likeness (QED) is 0.661. The number of nitrogens with zero attached hydrogens (tertiary/aromatic N) is 1. The number of likely N-dealkylation sites (N-methyl/N-ethyl adjacent to an activating group) is 1. The van der Waals surface area contributed by atoms with Crippen molar-refractivity contribution >= 4 is 23.2 Å². The number of hydrogen-bond donors (Lipinski definition) is 2. The molecule has 7 heteroatoms. The van der Waals surface area contributed by atoms with Crippen LogP contribution >= 0.6 is 11.3 Å². The molecule has 2 amide bonds. The van der Waals surface area contributed by atoms with Crippen LogP contribution in [0.2, 0.25) is 0 Å². The number of benzene rings is 1. The Hall–Kier alpha value is -2.25. The van der Waals surface area contributed by atoms with Gasteiger partial charge in [0.25, 0.3) is 5.91 Å². The molecule has 0 aliphatic carbocycles. The first kappa shape index (κ1) is 20.1. The molecule has 2 rings (SSSR count). The SMILES string of the molecule is CN(C)C(CNC(=O)CCCNC(=O)c1ccsc1)c1ccc(F)cc1. The number of nitrogens with one attached hydrogen (secondary N) is 2. The molecular weight excluding hydrogens is 353 g/mol. The summed E-state index contributed by atoms with van der Waals surface area (Å²) in [4.78, 5) is 25.8. The number of rotatable bonds is 9. The van der Waals surface area contributed by atoms with E-state index >= 15 is 0 Å². The van der Waals surface area contributed by atoms with E-state index in [1.54, 1.807) is 23.6 Å². The Morgan fingerprint density at radius 2 is 1.88 bits per heavy atom. The predicted molar refractivity (Wildman–Crippen MR) is 102 cm³/mol. The van der Waals surface area contributed by atoms with Crippen molar-refractivity contribution < 1.29 is 14.0 Å². The van der Waals surface area contributed by atoms with Crippen LogP contribution in [0.3, 0.4) is 0 Å². The molecule has 2 aromatic rings. The van der Waals surface area contributed by atoms with E-state index in [4.69, 9.17) is 0 Å². The number of carbonyl (C=O) groups excluding carboxylic acids is 2. The van der Waals surface area contributed by atoms with Crippen molar-refractivity contribution in [1.82, 2.24) is 15.5 Å². The van der Waals surface area contributed by atoms with E-state index in [1.807, 2.05) is 24.4 Å². The van der Waals surface area contributed by atoms with Gasteiger partial charge in [0.15, 0.2) is 0 Å². The minimum absolute atomic E-state index is 0.0298. The van der Waals surface area contributed by atoms with Gasteiger partial charge in [0.2, 0.25) is 5.91 Å². The molecule has 26 heavy (non-hydrogen) atoms. The van der Waals surface area contributed by atoms with Gasteiger partial charge in [-0.15, -0.1) is 0 Å². The molecule has 0 aliphatic heterocycles. The lowest BCUT2D eigenvalue weighted by molar-refractivity contribution is -0.121. The fourth-order valence-electron chi connectivity index (χ4n) is 2.53. The van der Waals surface area contributed by atoms with Gasteiger partial charge in [-0.05, 0) is 49.7 Å². The highest BCUT2D eigenvalue weighted by molar-refractivity contribution is 7.08. The Balaban J connectivity index is 1.71. The monoisotopic (exact) mass is 377 g/mol. The smallest absolute Gasteiger partial charge is 0.252 e. The minimum Gasteiger partial charge on any atom is -0.354 e. The molecule has 0 spiro atoms. The third kappa shape index (κ3) is 6.24. The van der Waals surface area contributed by atoms with Gasteiger partial charge in [-0.1, -0.05) is 12.1 Å². The summed E-state index contributed by atoms with van der Waals surface area (Å²) in [6.07, 6.45) is 0.915.